The molecule has 0 aliphatic carbocycles. The van der Waals surface area contributed by atoms with Crippen molar-refractivity contribution < 1.29 is 19.5 Å². The maximum absolute atomic E-state index is 12.0. The second kappa shape index (κ2) is 7.76. The number of carbonyl (C=O) groups is 3. The Morgan fingerprint density at radius 2 is 1.70 bits per heavy atom. The van der Waals surface area contributed by atoms with Gasteiger partial charge in [0.15, 0.2) is 0 Å². The monoisotopic (exact) mass is 320 g/mol. The molecular weight excluding hydrogens is 296 g/mol. The Labute approximate surface area is 136 Å². The number of carboxylic acid groups (broad SMARTS) is 1. The van der Waals surface area contributed by atoms with Gasteiger partial charge in [0.1, 0.15) is 6.54 Å². The average molecular weight is 320 g/mol. The summed E-state index contributed by atoms with van der Waals surface area (Å²) in [5.74, 6) is -1.64. The van der Waals surface area contributed by atoms with Crippen molar-refractivity contribution >= 4 is 17.8 Å². The summed E-state index contributed by atoms with van der Waals surface area (Å²) < 4.78 is 0. The number of rotatable bonds is 6. The Hall–Kier alpha value is -2.37. The Kier molecular flexibility index (Phi) is 6.30. The third-order valence-electron chi connectivity index (χ3n) is 3.44. The number of likely N-dealkylation sites (N-methyl/N-ethyl adjacent to an activating group) is 1. The predicted molar refractivity (Wildman–Crippen MR) is 87.4 cm³/mol. The molecule has 0 fully saturated rings. The van der Waals surface area contributed by atoms with E-state index in [0.717, 1.165) is 10.5 Å². The van der Waals surface area contributed by atoms with Crippen molar-refractivity contribution in [2.75, 3.05) is 20.1 Å². The van der Waals surface area contributed by atoms with Crippen molar-refractivity contribution in [3.8, 4) is 0 Å². The van der Waals surface area contributed by atoms with Crippen molar-refractivity contribution in [1.82, 2.24) is 10.2 Å². The van der Waals surface area contributed by atoms with Crippen molar-refractivity contribution in [3.63, 3.8) is 0 Å². The van der Waals surface area contributed by atoms with Crippen LogP contribution in [0, 0.1) is 0 Å². The Bertz CT molecular complexity index is 573. The Morgan fingerprint density at radius 1 is 1.13 bits per heavy atom. The fourth-order valence-electron chi connectivity index (χ4n) is 1.99. The molecule has 0 spiro atoms. The number of hydrogen-bond acceptors (Lipinski definition) is 3. The molecule has 0 atom stereocenters. The summed E-state index contributed by atoms with van der Waals surface area (Å²) in [6.45, 7) is 6.12. The third kappa shape index (κ3) is 6.10. The average Bonchev–Trinajstić information content (AvgIpc) is 2.45. The van der Waals surface area contributed by atoms with Crippen LogP contribution in [0.25, 0.3) is 0 Å². The number of nitrogens with one attached hydrogen (secondary N) is 1. The molecule has 2 amide bonds. The highest BCUT2D eigenvalue weighted by Crippen LogP contribution is 2.22. The van der Waals surface area contributed by atoms with E-state index in [1.54, 1.807) is 12.1 Å². The van der Waals surface area contributed by atoms with Gasteiger partial charge in [0, 0.05) is 25.6 Å². The van der Waals surface area contributed by atoms with Crippen molar-refractivity contribution in [2.24, 2.45) is 0 Å². The van der Waals surface area contributed by atoms with E-state index < -0.39 is 5.97 Å². The van der Waals surface area contributed by atoms with Crippen molar-refractivity contribution in [3.05, 3.63) is 35.4 Å². The van der Waals surface area contributed by atoms with Crippen LogP contribution < -0.4 is 5.32 Å². The van der Waals surface area contributed by atoms with Gasteiger partial charge in [-0.1, -0.05) is 32.9 Å². The van der Waals surface area contributed by atoms with Gasteiger partial charge in [-0.3, -0.25) is 14.4 Å². The number of nitrogens with zero attached hydrogens (tertiary/aromatic N) is 1. The second-order valence-electron chi connectivity index (χ2n) is 6.48. The van der Waals surface area contributed by atoms with Crippen molar-refractivity contribution in [2.45, 2.75) is 32.6 Å². The van der Waals surface area contributed by atoms with Gasteiger partial charge in [0.05, 0.1) is 0 Å². The molecule has 6 nitrogen and oxygen atoms in total. The first-order chi connectivity index (χ1) is 10.6. The smallest absolute Gasteiger partial charge is 0.323 e. The minimum atomic E-state index is -1.07. The molecule has 0 heterocycles. The number of aliphatic carboxylic acids is 1. The Balaban J connectivity index is 2.48. The normalized spacial score (nSPS) is 11.0. The fraction of sp³-hybridized carbons (Fsp3) is 0.471. The van der Waals surface area contributed by atoms with Gasteiger partial charge in [-0.05, 0) is 23.1 Å². The summed E-state index contributed by atoms with van der Waals surface area (Å²) in [6.07, 6.45) is 0.0651. The van der Waals surface area contributed by atoms with E-state index >= 15 is 0 Å². The van der Waals surface area contributed by atoms with E-state index in [4.69, 9.17) is 5.11 Å². The lowest BCUT2D eigenvalue weighted by Gasteiger charge is -2.19. The van der Waals surface area contributed by atoms with Gasteiger partial charge < -0.3 is 15.3 Å². The molecule has 2 N–H and O–H groups in total. The number of carbonyl (C=O) groups excluding carboxylic acids is 2. The summed E-state index contributed by atoms with van der Waals surface area (Å²) in [7, 11) is 1.42. The van der Waals surface area contributed by atoms with Crippen LogP contribution in [-0.4, -0.2) is 47.9 Å². The molecular formula is C17H24N2O4. The molecule has 6 heteroatoms. The first kappa shape index (κ1) is 18.7. The van der Waals surface area contributed by atoms with Gasteiger partial charge in [-0.2, -0.15) is 0 Å². The van der Waals surface area contributed by atoms with E-state index in [-0.39, 0.29) is 36.7 Å². The zero-order chi connectivity index (χ0) is 17.6. The molecule has 0 aliphatic rings. The molecule has 0 saturated carbocycles. The highest BCUT2D eigenvalue weighted by Gasteiger charge is 2.15. The van der Waals surface area contributed by atoms with Crippen LogP contribution in [-0.2, 0) is 15.0 Å². The van der Waals surface area contributed by atoms with E-state index in [0.29, 0.717) is 5.56 Å². The third-order valence-corrected chi connectivity index (χ3v) is 3.44. The molecule has 0 saturated heterocycles. The zero-order valence-electron chi connectivity index (χ0n) is 14.0. The van der Waals surface area contributed by atoms with E-state index in [9.17, 15) is 14.4 Å². The van der Waals surface area contributed by atoms with Crippen LogP contribution in [0.5, 0.6) is 0 Å². The molecule has 0 aromatic heterocycles. The summed E-state index contributed by atoms with van der Waals surface area (Å²) >= 11 is 0. The second-order valence-corrected chi connectivity index (χ2v) is 6.48. The summed E-state index contributed by atoms with van der Waals surface area (Å²) in [5.41, 5.74) is 1.69. The van der Waals surface area contributed by atoms with Crippen LogP contribution in [0.2, 0.25) is 0 Å². The number of amides is 2. The fourth-order valence-corrected chi connectivity index (χ4v) is 1.99. The van der Waals surface area contributed by atoms with E-state index in [2.05, 4.69) is 26.1 Å². The standard InChI is InChI=1S/C17H24N2O4/c1-17(2,3)13-7-5-12(6-8-13)16(23)18-10-9-14(20)19(4)11-15(21)22/h5-8H,9-11H2,1-4H3,(H,18,23)(H,21,22). The van der Waals surface area contributed by atoms with E-state index in [1.807, 2.05) is 12.1 Å². The summed E-state index contributed by atoms with van der Waals surface area (Å²) in [6, 6.07) is 7.35. The van der Waals surface area contributed by atoms with Gasteiger partial charge in [-0.25, -0.2) is 0 Å². The molecule has 0 radical (unpaired) electrons. The number of benzene rings is 1. The Morgan fingerprint density at radius 3 is 2.17 bits per heavy atom. The maximum Gasteiger partial charge on any atom is 0.323 e. The van der Waals surface area contributed by atoms with Crippen LogP contribution in [0.3, 0.4) is 0 Å². The lowest BCUT2D eigenvalue weighted by molar-refractivity contribution is -0.143. The summed E-state index contributed by atoms with van der Waals surface area (Å²) in [5, 5.41) is 11.3. The molecule has 1 rings (SSSR count). The van der Waals surface area contributed by atoms with E-state index in [1.165, 1.54) is 7.05 Å². The minimum absolute atomic E-state index is 0.0240. The predicted octanol–water partition coefficient (Wildman–Crippen LogP) is 1.65. The highest BCUT2D eigenvalue weighted by molar-refractivity contribution is 5.94. The molecule has 1 aromatic rings. The first-order valence-corrected chi connectivity index (χ1v) is 7.46. The summed E-state index contributed by atoms with van der Waals surface area (Å²) in [4.78, 5) is 35.3. The largest absolute Gasteiger partial charge is 0.480 e. The zero-order valence-corrected chi connectivity index (χ0v) is 14.0. The van der Waals surface area contributed by atoms with Gasteiger partial charge in [0.25, 0.3) is 5.91 Å². The van der Waals surface area contributed by atoms with Gasteiger partial charge in [0.2, 0.25) is 5.91 Å². The topological polar surface area (TPSA) is 86.7 Å². The van der Waals surface area contributed by atoms with Gasteiger partial charge in [-0.15, -0.1) is 0 Å². The van der Waals surface area contributed by atoms with Crippen LogP contribution in [0.1, 0.15) is 43.1 Å². The molecule has 1 aromatic carbocycles. The molecule has 23 heavy (non-hydrogen) atoms. The number of carboxylic acids is 1. The quantitative estimate of drug-likeness (QED) is 0.834. The first-order valence-electron chi connectivity index (χ1n) is 7.46. The van der Waals surface area contributed by atoms with Gasteiger partial charge >= 0.3 is 5.97 Å². The molecule has 0 aliphatic heterocycles. The van der Waals surface area contributed by atoms with Crippen molar-refractivity contribution in [1.29, 1.82) is 0 Å². The van der Waals surface area contributed by atoms with Crippen LogP contribution in [0.4, 0.5) is 0 Å². The highest BCUT2D eigenvalue weighted by atomic mass is 16.4. The van der Waals surface area contributed by atoms with Crippen LogP contribution in [0.15, 0.2) is 24.3 Å². The van der Waals surface area contributed by atoms with Crippen LogP contribution >= 0.6 is 0 Å². The maximum atomic E-state index is 12.0. The molecule has 0 unspecified atom stereocenters. The SMILES string of the molecule is CN(CC(=O)O)C(=O)CCNC(=O)c1ccc(C(C)(C)C)cc1. The minimum Gasteiger partial charge on any atom is -0.480 e. The lowest BCUT2D eigenvalue weighted by atomic mass is 9.87. The molecule has 0 bridgehead atoms. The number of hydrogen-bond donors (Lipinski definition) is 2. The lowest BCUT2D eigenvalue weighted by Crippen LogP contribution is -2.35. The molecule has 126 valence electrons.